The van der Waals surface area contributed by atoms with Crippen molar-refractivity contribution >= 4 is 36.8 Å². The number of esters is 1. The minimum atomic E-state index is -2.46. The zero-order valence-electron chi connectivity index (χ0n) is 22.2. The first-order valence-electron chi connectivity index (χ1n) is 12.0. The quantitative estimate of drug-likeness (QED) is 0.211. The highest BCUT2D eigenvalue weighted by Crippen LogP contribution is 2.46. The monoisotopic (exact) mass is 499 g/mol. The zero-order chi connectivity index (χ0) is 26.6. The largest absolute Gasteiger partial charge is 0.457 e. The third-order valence-corrected chi connectivity index (χ3v) is 11.7. The lowest BCUT2D eigenvalue weighted by molar-refractivity contribution is -0.146. The predicted molar refractivity (Wildman–Crippen MR) is 137 cm³/mol. The van der Waals surface area contributed by atoms with Crippen molar-refractivity contribution in [2.75, 3.05) is 6.61 Å². The summed E-state index contributed by atoms with van der Waals surface area (Å²) in [7, 11) is -2.46. The highest BCUT2D eigenvalue weighted by atomic mass is 28.4. The third-order valence-electron chi connectivity index (χ3n) is 7.22. The van der Waals surface area contributed by atoms with Crippen molar-refractivity contribution in [1.29, 1.82) is 0 Å². The summed E-state index contributed by atoms with van der Waals surface area (Å²) in [5, 5.41) is 12.8. The Morgan fingerprint density at radius 3 is 2.37 bits per heavy atom. The van der Waals surface area contributed by atoms with Gasteiger partial charge >= 0.3 is 11.7 Å². The molecule has 0 bridgehead atoms. The molecule has 1 N–H and O–H groups in total. The van der Waals surface area contributed by atoms with E-state index in [0.717, 1.165) is 5.56 Å². The standard InChI is InChI=1S/C26H37N3O5Si/c1-10-33-22(30)21(28-27)26(32)17-12-11-13-18-20(17)16(15-29(18)23(31)24(2,3)4)14-19(26)34-35(8,9)25(5,6)7/h11-13,15,19,32H,10,14H2,1-9H3. The Morgan fingerprint density at radius 1 is 1.23 bits per heavy atom. The van der Waals surface area contributed by atoms with E-state index in [1.54, 1.807) is 29.8 Å². The van der Waals surface area contributed by atoms with Crippen molar-refractivity contribution < 1.29 is 28.6 Å². The van der Waals surface area contributed by atoms with Gasteiger partial charge in [0.05, 0.1) is 18.2 Å². The molecule has 2 aromatic rings. The van der Waals surface area contributed by atoms with Crippen LogP contribution in [0.15, 0.2) is 24.4 Å². The van der Waals surface area contributed by atoms with Gasteiger partial charge in [-0.2, -0.15) is 4.79 Å². The van der Waals surface area contributed by atoms with Crippen LogP contribution in [0.4, 0.5) is 0 Å². The first-order chi connectivity index (χ1) is 16.0. The number of aliphatic hydroxyl groups is 1. The Balaban J connectivity index is 2.34. The molecule has 1 aliphatic rings. The molecule has 1 aromatic carbocycles. The molecule has 0 amide bonds. The lowest BCUT2D eigenvalue weighted by atomic mass is 9.75. The number of hydrogen-bond donors (Lipinski definition) is 1. The number of nitrogens with zero attached hydrogens (tertiary/aromatic N) is 3. The van der Waals surface area contributed by atoms with Gasteiger partial charge in [-0.15, -0.1) is 0 Å². The summed E-state index contributed by atoms with van der Waals surface area (Å²) >= 11 is 0. The summed E-state index contributed by atoms with van der Waals surface area (Å²) in [5.74, 6) is -1.02. The van der Waals surface area contributed by atoms with Gasteiger partial charge in [0.25, 0.3) is 0 Å². The Labute approximate surface area is 208 Å². The lowest BCUT2D eigenvalue weighted by Crippen LogP contribution is -2.58. The molecule has 1 aromatic heterocycles. The van der Waals surface area contributed by atoms with E-state index in [4.69, 9.17) is 9.16 Å². The van der Waals surface area contributed by atoms with E-state index in [-0.39, 0.29) is 24.0 Å². The average molecular weight is 500 g/mol. The maximum Gasteiger partial charge on any atom is 0.420 e. The van der Waals surface area contributed by atoms with E-state index in [1.165, 1.54) is 0 Å². The molecular formula is C26H37N3O5Si. The maximum absolute atomic E-state index is 13.3. The second-order valence-corrected chi connectivity index (χ2v) is 16.5. The van der Waals surface area contributed by atoms with Gasteiger partial charge < -0.3 is 19.8 Å². The summed E-state index contributed by atoms with van der Waals surface area (Å²) in [4.78, 5) is 29.4. The van der Waals surface area contributed by atoms with Crippen LogP contribution in [-0.4, -0.2) is 53.1 Å². The molecular weight excluding hydrogens is 462 g/mol. The Bertz CT molecular complexity index is 1230. The number of ether oxygens (including phenoxy) is 1. The fraction of sp³-hybridized carbons (Fsp3) is 0.577. The van der Waals surface area contributed by atoms with Gasteiger partial charge in [-0.05, 0) is 36.7 Å². The minimum absolute atomic E-state index is 0.0492. The summed E-state index contributed by atoms with van der Waals surface area (Å²) in [6, 6.07) is 5.21. The topological polar surface area (TPSA) is 114 Å². The van der Waals surface area contributed by atoms with Crippen LogP contribution in [-0.2, 0) is 26.0 Å². The van der Waals surface area contributed by atoms with E-state index in [2.05, 4.69) is 38.7 Å². The highest BCUT2D eigenvalue weighted by molar-refractivity contribution is 6.74. The molecule has 9 heteroatoms. The van der Waals surface area contributed by atoms with E-state index in [9.17, 15) is 20.2 Å². The fourth-order valence-corrected chi connectivity index (χ4v) is 5.62. The van der Waals surface area contributed by atoms with Gasteiger partial charge in [0.1, 0.15) is 0 Å². The number of rotatable bonds is 5. The van der Waals surface area contributed by atoms with Gasteiger partial charge in [-0.3, -0.25) is 9.36 Å². The molecule has 0 aliphatic heterocycles. The first-order valence-corrected chi connectivity index (χ1v) is 14.9. The smallest absolute Gasteiger partial charge is 0.420 e. The van der Waals surface area contributed by atoms with Crippen LogP contribution in [0.25, 0.3) is 16.4 Å². The molecule has 190 valence electrons. The van der Waals surface area contributed by atoms with E-state index in [0.29, 0.717) is 16.5 Å². The summed E-state index contributed by atoms with van der Waals surface area (Å²) in [6.07, 6.45) is 1.08. The van der Waals surface area contributed by atoms with E-state index >= 15 is 0 Å². The molecule has 3 rings (SSSR count). The van der Waals surface area contributed by atoms with Gasteiger partial charge in [0.2, 0.25) is 11.5 Å². The average Bonchev–Trinajstić information content (AvgIpc) is 3.09. The van der Waals surface area contributed by atoms with Crippen LogP contribution in [0.5, 0.6) is 0 Å². The SMILES string of the molecule is CCOC(=O)C(=[N+]=[N-])C1(O)c2cccc3c2c(cn3C(=O)C(C)(C)C)CC1O[Si](C)(C)C(C)(C)C. The van der Waals surface area contributed by atoms with Crippen LogP contribution in [0, 0.1) is 5.41 Å². The van der Waals surface area contributed by atoms with Crippen LogP contribution < -0.4 is 0 Å². The van der Waals surface area contributed by atoms with Gasteiger partial charge in [0, 0.05) is 29.0 Å². The minimum Gasteiger partial charge on any atom is -0.457 e. The van der Waals surface area contributed by atoms with Crippen molar-refractivity contribution in [2.24, 2.45) is 5.41 Å². The van der Waals surface area contributed by atoms with Crippen molar-refractivity contribution in [2.45, 2.75) is 84.7 Å². The van der Waals surface area contributed by atoms with Crippen LogP contribution in [0.2, 0.25) is 18.1 Å². The van der Waals surface area contributed by atoms with Crippen LogP contribution >= 0.6 is 0 Å². The molecule has 8 nitrogen and oxygen atoms in total. The first kappa shape index (κ1) is 27.0. The molecule has 35 heavy (non-hydrogen) atoms. The fourth-order valence-electron chi connectivity index (χ4n) is 4.30. The van der Waals surface area contributed by atoms with Crippen molar-refractivity contribution in [1.82, 2.24) is 4.57 Å². The maximum atomic E-state index is 13.3. The summed E-state index contributed by atoms with van der Waals surface area (Å²) < 4.78 is 13.4. The van der Waals surface area contributed by atoms with Crippen LogP contribution in [0.3, 0.4) is 0 Å². The Morgan fingerprint density at radius 2 is 1.86 bits per heavy atom. The molecule has 2 atom stereocenters. The second-order valence-electron chi connectivity index (χ2n) is 11.8. The molecule has 0 fully saturated rings. The van der Waals surface area contributed by atoms with Crippen molar-refractivity contribution in [3.05, 3.63) is 41.1 Å². The molecule has 1 aliphatic carbocycles. The predicted octanol–water partition coefficient (Wildman–Crippen LogP) is 4.70. The lowest BCUT2D eigenvalue weighted by Gasteiger charge is -2.44. The normalized spacial score (nSPS) is 20.5. The number of carbonyl (C=O) groups excluding carboxylic acids is 2. The van der Waals surface area contributed by atoms with Gasteiger partial charge in [-0.25, -0.2) is 4.79 Å². The molecule has 1 heterocycles. The second kappa shape index (κ2) is 8.82. The highest BCUT2D eigenvalue weighted by Gasteiger charge is 2.59. The third kappa shape index (κ3) is 4.42. The Kier molecular flexibility index (Phi) is 6.80. The molecule has 0 spiro atoms. The van der Waals surface area contributed by atoms with Crippen molar-refractivity contribution in [3.63, 3.8) is 0 Å². The summed E-state index contributed by atoms with van der Waals surface area (Å²) in [6.45, 7) is 17.6. The van der Waals surface area contributed by atoms with Gasteiger partial charge in [-0.1, -0.05) is 53.7 Å². The Hall–Kier alpha value is -2.58. The number of benzene rings is 1. The van der Waals surface area contributed by atoms with E-state index < -0.39 is 37.1 Å². The molecule has 0 saturated carbocycles. The number of aromatic nitrogens is 1. The van der Waals surface area contributed by atoms with E-state index in [1.807, 2.05) is 26.8 Å². The number of carbonyl (C=O) groups is 2. The molecule has 2 unspecified atom stereocenters. The molecule has 0 saturated heterocycles. The van der Waals surface area contributed by atoms with Gasteiger partial charge in [0.15, 0.2) is 8.32 Å². The number of hydrogen-bond acceptors (Lipinski definition) is 5. The van der Waals surface area contributed by atoms with Crippen LogP contribution in [0.1, 0.15) is 64.4 Å². The summed E-state index contributed by atoms with van der Waals surface area (Å²) in [5.41, 5.74) is 8.48. The van der Waals surface area contributed by atoms with Crippen molar-refractivity contribution in [3.8, 4) is 0 Å². The molecule has 0 radical (unpaired) electrons. The zero-order valence-corrected chi connectivity index (χ0v) is 23.2.